The monoisotopic (exact) mass is 467 g/mol. The summed E-state index contributed by atoms with van der Waals surface area (Å²) in [7, 11) is 0. The molecule has 0 saturated carbocycles. The van der Waals surface area contributed by atoms with Crippen LogP contribution in [0.4, 0.5) is 0 Å². The molecule has 2 atom stereocenters. The molecule has 1 aromatic carbocycles. The van der Waals surface area contributed by atoms with Crippen molar-refractivity contribution in [2.45, 2.75) is 57.8 Å². The number of nitriles is 1. The lowest BCUT2D eigenvalue weighted by atomic mass is 10.0. The highest BCUT2D eigenvalue weighted by Gasteiger charge is 2.30. The summed E-state index contributed by atoms with van der Waals surface area (Å²) in [6.45, 7) is 3.26. The first-order valence-electron chi connectivity index (χ1n) is 10.6. The second-order valence-corrected chi connectivity index (χ2v) is 7.67. The molecule has 0 aliphatic carbocycles. The number of carbonyl (C=O) groups excluding carboxylic acids is 4. The van der Waals surface area contributed by atoms with Gasteiger partial charge in [0.15, 0.2) is 6.10 Å². The summed E-state index contributed by atoms with van der Waals surface area (Å²) in [4.78, 5) is 55.0. The summed E-state index contributed by atoms with van der Waals surface area (Å²) in [6, 6.07) is 7.80. The average molecular weight is 467 g/mol. The largest absolute Gasteiger partial charge is 0.461 e. The molecule has 2 aromatic rings. The molecule has 1 amide bonds. The van der Waals surface area contributed by atoms with E-state index >= 15 is 0 Å². The maximum Gasteiger partial charge on any atom is 0.328 e. The first kappa shape index (κ1) is 26.0. The van der Waals surface area contributed by atoms with Gasteiger partial charge in [0.25, 0.3) is 5.91 Å². The van der Waals surface area contributed by atoms with E-state index in [9.17, 15) is 19.2 Å². The van der Waals surface area contributed by atoms with Crippen LogP contribution in [0.5, 0.6) is 0 Å². The second-order valence-electron chi connectivity index (χ2n) is 7.67. The van der Waals surface area contributed by atoms with Crippen molar-refractivity contribution in [3.05, 3.63) is 41.6 Å². The molecule has 0 aliphatic rings. The number of para-hydroxylation sites is 1. The number of Topliss-reactive ketones (excluding diaryl/α,β-unsaturated/α-hetero) is 1. The fraction of sp³-hybridized carbons (Fsp3) is 0.391. The molecule has 1 heterocycles. The van der Waals surface area contributed by atoms with E-state index in [0.29, 0.717) is 11.8 Å². The number of nitrogens with one attached hydrogen (secondary N) is 2. The van der Waals surface area contributed by atoms with Crippen molar-refractivity contribution in [2.75, 3.05) is 0 Å². The van der Waals surface area contributed by atoms with Gasteiger partial charge in [0.1, 0.15) is 12.5 Å². The van der Waals surface area contributed by atoms with Crippen LogP contribution in [0.2, 0.25) is 0 Å². The zero-order valence-corrected chi connectivity index (χ0v) is 18.8. The topological polar surface area (TPSA) is 175 Å². The molecule has 11 heteroatoms. The standard InChI is InChI=1S/C23H25N5O6/c1-14(2)33-23(32)19(8-7-16(29)13-27-25)28-22(31)20(34-21(30)9-10-24)11-15-12-26-18-6-4-3-5-17(15)18/h3-6,12-14,19-20,26H,7-9,11H2,1-2H3,(H,28,31)/t19-,20-/m0/s1. The number of nitrogens with zero attached hydrogens (tertiary/aromatic N) is 3. The van der Waals surface area contributed by atoms with E-state index in [1.54, 1.807) is 26.1 Å². The Balaban J connectivity index is 2.25. The minimum Gasteiger partial charge on any atom is -0.461 e. The number of rotatable bonds is 12. The number of fused-ring (bicyclic) bond motifs is 1. The van der Waals surface area contributed by atoms with E-state index in [4.69, 9.17) is 20.3 Å². The molecule has 0 aliphatic heterocycles. The zero-order chi connectivity index (χ0) is 25.1. The van der Waals surface area contributed by atoms with Gasteiger partial charge in [-0.2, -0.15) is 10.1 Å². The highest BCUT2D eigenvalue weighted by molar-refractivity contribution is 6.25. The third-order valence-electron chi connectivity index (χ3n) is 4.70. The van der Waals surface area contributed by atoms with Gasteiger partial charge < -0.3 is 25.3 Å². The number of H-pyrrole nitrogens is 1. The van der Waals surface area contributed by atoms with Gasteiger partial charge in [0, 0.05) is 29.9 Å². The minimum atomic E-state index is -1.34. The van der Waals surface area contributed by atoms with E-state index in [0.717, 1.165) is 10.9 Å². The number of hydrogen-bond donors (Lipinski definition) is 2. The highest BCUT2D eigenvalue weighted by Crippen LogP contribution is 2.20. The average Bonchev–Trinajstić information content (AvgIpc) is 3.18. The molecule has 0 saturated heterocycles. The zero-order valence-electron chi connectivity index (χ0n) is 18.8. The summed E-state index contributed by atoms with van der Waals surface area (Å²) >= 11 is 0. The van der Waals surface area contributed by atoms with Gasteiger partial charge in [0.2, 0.25) is 5.78 Å². The van der Waals surface area contributed by atoms with Crippen LogP contribution in [-0.2, 0) is 35.1 Å². The van der Waals surface area contributed by atoms with Crippen molar-refractivity contribution in [1.29, 1.82) is 5.26 Å². The van der Waals surface area contributed by atoms with Crippen molar-refractivity contribution >= 4 is 40.7 Å². The maximum atomic E-state index is 13.1. The SMILES string of the molecule is CC(C)OC(=O)[C@H](CCC(=O)C=[N+]=[N-])NC(=O)[C@H](Cc1c[nH]c2ccccc12)OC(=O)CC#N. The molecule has 0 fully saturated rings. The number of amides is 1. The third-order valence-corrected chi connectivity index (χ3v) is 4.70. The molecule has 34 heavy (non-hydrogen) atoms. The number of hydrogen-bond acceptors (Lipinski definition) is 7. The van der Waals surface area contributed by atoms with E-state index in [1.807, 2.05) is 24.3 Å². The van der Waals surface area contributed by atoms with Crippen LogP contribution in [0.1, 0.15) is 38.7 Å². The van der Waals surface area contributed by atoms with Gasteiger partial charge in [-0.15, -0.1) is 0 Å². The van der Waals surface area contributed by atoms with E-state index < -0.39 is 48.3 Å². The van der Waals surface area contributed by atoms with E-state index in [2.05, 4.69) is 15.1 Å². The van der Waals surface area contributed by atoms with Crippen LogP contribution in [0, 0.1) is 11.3 Å². The molecular weight excluding hydrogens is 442 g/mol. The number of aromatic nitrogens is 1. The second kappa shape index (κ2) is 12.7. The van der Waals surface area contributed by atoms with Gasteiger partial charge in [-0.3, -0.25) is 14.4 Å². The molecule has 1 aromatic heterocycles. The first-order chi connectivity index (χ1) is 16.2. The first-order valence-corrected chi connectivity index (χ1v) is 10.6. The highest BCUT2D eigenvalue weighted by atomic mass is 16.6. The summed E-state index contributed by atoms with van der Waals surface area (Å²) in [5.74, 6) is -3.01. The van der Waals surface area contributed by atoms with Crippen molar-refractivity contribution in [1.82, 2.24) is 10.3 Å². The summed E-state index contributed by atoms with van der Waals surface area (Å²) in [6.07, 6.45) is -0.351. The maximum absolute atomic E-state index is 13.1. The van der Waals surface area contributed by atoms with Crippen LogP contribution in [0.3, 0.4) is 0 Å². The third kappa shape index (κ3) is 7.69. The van der Waals surface area contributed by atoms with E-state index in [1.165, 1.54) is 0 Å². The van der Waals surface area contributed by atoms with Gasteiger partial charge in [-0.25, -0.2) is 4.79 Å². The Morgan fingerprint density at radius 2 is 1.97 bits per heavy atom. The van der Waals surface area contributed by atoms with Gasteiger partial charge in [-0.05, 0) is 31.9 Å². The van der Waals surface area contributed by atoms with Gasteiger partial charge in [0.05, 0.1) is 12.2 Å². The Labute approximate surface area is 195 Å². The Morgan fingerprint density at radius 1 is 1.24 bits per heavy atom. The van der Waals surface area contributed by atoms with Crippen molar-refractivity contribution in [3.63, 3.8) is 0 Å². The fourth-order valence-corrected chi connectivity index (χ4v) is 3.20. The lowest BCUT2D eigenvalue weighted by molar-refractivity contribution is -0.157. The number of aromatic amines is 1. The molecule has 178 valence electrons. The lowest BCUT2D eigenvalue weighted by Gasteiger charge is -2.22. The quantitative estimate of drug-likeness (QED) is 0.206. The molecule has 2 rings (SSSR count). The summed E-state index contributed by atoms with van der Waals surface area (Å²) in [5.41, 5.74) is 10.00. The fourth-order valence-electron chi connectivity index (χ4n) is 3.20. The Bertz CT molecular complexity index is 1140. The molecule has 2 N–H and O–H groups in total. The van der Waals surface area contributed by atoms with Crippen molar-refractivity contribution in [2.24, 2.45) is 0 Å². The normalized spacial score (nSPS) is 12.2. The number of esters is 2. The number of ether oxygens (including phenoxy) is 2. The summed E-state index contributed by atoms with van der Waals surface area (Å²) < 4.78 is 10.4. The molecule has 0 spiro atoms. The number of ketones is 1. The molecule has 0 unspecified atom stereocenters. The van der Waals surface area contributed by atoms with E-state index in [-0.39, 0.29) is 19.3 Å². The van der Waals surface area contributed by atoms with Crippen molar-refractivity contribution < 1.29 is 33.4 Å². The Kier molecular flexibility index (Phi) is 9.68. The lowest BCUT2D eigenvalue weighted by Crippen LogP contribution is -2.48. The van der Waals surface area contributed by atoms with Crippen LogP contribution < -0.4 is 5.32 Å². The molecule has 0 radical (unpaired) electrons. The van der Waals surface area contributed by atoms with Crippen LogP contribution in [0.25, 0.3) is 16.4 Å². The predicted molar refractivity (Wildman–Crippen MR) is 119 cm³/mol. The summed E-state index contributed by atoms with van der Waals surface area (Å²) in [5, 5.41) is 12.1. The minimum absolute atomic E-state index is 0.0188. The smallest absolute Gasteiger partial charge is 0.328 e. The predicted octanol–water partition coefficient (Wildman–Crippen LogP) is 1.62. The molecule has 0 bridgehead atoms. The van der Waals surface area contributed by atoms with Crippen LogP contribution >= 0.6 is 0 Å². The molecule has 11 nitrogen and oxygen atoms in total. The van der Waals surface area contributed by atoms with Crippen LogP contribution in [-0.4, -0.2) is 57.9 Å². The van der Waals surface area contributed by atoms with Crippen LogP contribution in [0.15, 0.2) is 30.5 Å². The Morgan fingerprint density at radius 3 is 2.65 bits per heavy atom. The number of carbonyl (C=O) groups is 4. The van der Waals surface area contributed by atoms with Gasteiger partial charge in [-0.1, -0.05) is 18.2 Å². The van der Waals surface area contributed by atoms with Gasteiger partial charge >= 0.3 is 18.2 Å². The van der Waals surface area contributed by atoms with Crippen molar-refractivity contribution in [3.8, 4) is 6.07 Å². The number of benzene rings is 1. The Hall–Kier alpha value is -4.29. The molecular formula is C23H25N5O6.